The smallest absolute Gasteiger partial charge is 0.271 e. The molecule has 0 bridgehead atoms. The summed E-state index contributed by atoms with van der Waals surface area (Å²) in [5.74, 6) is -0.516. The van der Waals surface area contributed by atoms with E-state index in [9.17, 15) is 9.59 Å². The fourth-order valence-electron chi connectivity index (χ4n) is 2.12. The lowest BCUT2D eigenvalue weighted by Gasteiger charge is -2.04. The van der Waals surface area contributed by atoms with E-state index in [1.165, 1.54) is 34.8 Å². The van der Waals surface area contributed by atoms with E-state index in [0.717, 1.165) is 25.0 Å². The Morgan fingerprint density at radius 2 is 2.08 bits per heavy atom. The Labute approximate surface area is 144 Å². The molecule has 2 aromatic rings. The molecule has 0 fully saturated rings. The topological polar surface area (TPSA) is 96.9 Å². The van der Waals surface area contributed by atoms with Crippen molar-refractivity contribution in [1.29, 1.82) is 0 Å². The second-order valence-electron chi connectivity index (χ2n) is 5.14. The minimum absolute atomic E-state index is 0.172. The lowest BCUT2D eigenvalue weighted by Crippen LogP contribution is -2.28. The summed E-state index contributed by atoms with van der Waals surface area (Å²) in [5.41, 5.74) is 1.30. The SMILES string of the molecule is CCCc1nc(NC(=O)CCNC(=O)c2cnccn2)sc1CC. The zero-order chi connectivity index (χ0) is 17.4. The van der Waals surface area contributed by atoms with E-state index < -0.39 is 0 Å². The summed E-state index contributed by atoms with van der Waals surface area (Å²) < 4.78 is 0. The summed E-state index contributed by atoms with van der Waals surface area (Å²) in [5, 5.41) is 6.07. The average molecular weight is 347 g/mol. The number of thiazole rings is 1. The first-order chi connectivity index (χ1) is 11.6. The minimum atomic E-state index is -0.344. The molecular weight excluding hydrogens is 326 g/mol. The second-order valence-corrected chi connectivity index (χ2v) is 6.22. The van der Waals surface area contributed by atoms with Crippen molar-refractivity contribution >= 4 is 28.3 Å². The van der Waals surface area contributed by atoms with Crippen molar-refractivity contribution in [3.05, 3.63) is 34.9 Å². The summed E-state index contributed by atoms with van der Waals surface area (Å²) in [7, 11) is 0. The maximum absolute atomic E-state index is 12.0. The first kappa shape index (κ1) is 18.0. The zero-order valence-electron chi connectivity index (χ0n) is 13.8. The van der Waals surface area contributed by atoms with Crippen LogP contribution in [0, 0.1) is 0 Å². The molecule has 0 radical (unpaired) electrons. The fourth-order valence-corrected chi connectivity index (χ4v) is 3.09. The summed E-state index contributed by atoms with van der Waals surface area (Å²) in [6.07, 6.45) is 7.36. The predicted molar refractivity (Wildman–Crippen MR) is 93.1 cm³/mol. The molecular formula is C16H21N5O2S. The molecule has 0 atom stereocenters. The van der Waals surface area contributed by atoms with Crippen LogP contribution in [0.5, 0.6) is 0 Å². The molecule has 0 aliphatic rings. The molecule has 2 N–H and O–H groups in total. The molecule has 24 heavy (non-hydrogen) atoms. The quantitative estimate of drug-likeness (QED) is 0.763. The van der Waals surface area contributed by atoms with Gasteiger partial charge in [0.1, 0.15) is 5.69 Å². The maximum Gasteiger partial charge on any atom is 0.271 e. The number of carbonyl (C=O) groups is 2. The number of carbonyl (C=O) groups excluding carboxylic acids is 2. The molecule has 2 rings (SSSR count). The van der Waals surface area contributed by atoms with Gasteiger partial charge in [-0.05, 0) is 12.8 Å². The van der Waals surface area contributed by atoms with Gasteiger partial charge in [-0.3, -0.25) is 14.6 Å². The Hall–Kier alpha value is -2.35. The van der Waals surface area contributed by atoms with Crippen molar-refractivity contribution < 1.29 is 9.59 Å². The van der Waals surface area contributed by atoms with Crippen LogP contribution in [0.1, 0.15) is 47.7 Å². The monoisotopic (exact) mass is 347 g/mol. The molecule has 128 valence electrons. The first-order valence-electron chi connectivity index (χ1n) is 7.96. The van der Waals surface area contributed by atoms with Crippen LogP contribution in [0.15, 0.2) is 18.6 Å². The molecule has 0 aromatic carbocycles. The molecule has 0 aliphatic heterocycles. The van der Waals surface area contributed by atoms with Crippen LogP contribution in [0.25, 0.3) is 0 Å². The van der Waals surface area contributed by atoms with Crippen LogP contribution in [0.2, 0.25) is 0 Å². The number of nitrogens with one attached hydrogen (secondary N) is 2. The minimum Gasteiger partial charge on any atom is -0.350 e. The molecule has 2 aromatic heterocycles. The molecule has 0 saturated heterocycles. The number of hydrogen-bond acceptors (Lipinski definition) is 6. The highest BCUT2D eigenvalue weighted by Gasteiger charge is 2.12. The van der Waals surface area contributed by atoms with Crippen LogP contribution in [-0.4, -0.2) is 33.3 Å². The number of amides is 2. The van der Waals surface area contributed by atoms with Gasteiger partial charge in [-0.2, -0.15) is 0 Å². The third kappa shape index (κ3) is 5.09. The fraction of sp³-hybridized carbons (Fsp3) is 0.438. The normalized spacial score (nSPS) is 10.4. The van der Waals surface area contributed by atoms with Gasteiger partial charge in [0.15, 0.2) is 5.13 Å². The number of aryl methyl sites for hydroxylation is 2. The zero-order valence-corrected chi connectivity index (χ0v) is 14.7. The Morgan fingerprint density at radius 3 is 2.75 bits per heavy atom. The first-order valence-corrected chi connectivity index (χ1v) is 8.78. The molecule has 7 nitrogen and oxygen atoms in total. The predicted octanol–water partition coefficient (Wildman–Crippen LogP) is 2.21. The van der Waals surface area contributed by atoms with Crippen molar-refractivity contribution in [2.45, 2.75) is 39.5 Å². The lowest BCUT2D eigenvalue weighted by molar-refractivity contribution is -0.116. The highest BCUT2D eigenvalue weighted by Crippen LogP contribution is 2.24. The summed E-state index contributed by atoms with van der Waals surface area (Å²) in [6.45, 7) is 4.42. The van der Waals surface area contributed by atoms with Crippen molar-refractivity contribution in [3.8, 4) is 0 Å². The molecule has 0 unspecified atom stereocenters. The Kier molecular flexibility index (Phi) is 6.80. The van der Waals surface area contributed by atoms with Crippen molar-refractivity contribution in [1.82, 2.24) is 20.3 Å². The molecule has 8 heteroatoms. The summed E-state index contributed by atoms with van der Waals surface area (Å²) in [6, 6.07) is 0. The maximum atomic E-state index is 12.0. The number of rotatable bonds is 8. The van der Waals surface area contributed by atoms with Gasteiger partial charge < -0.3 is 10.6 Å². The number of nitrogens with zero attached hydrogens (tertiary/aromatic N) is 3. The van der Waals surface area contributed by atoms with Gasteiger partial charge in [-0.25, -0.2) is 9.97 Å². The van der Waals surface area contributed by atoms with Crippen molar-refractivity contribution in [3.63, 3.8) is 0 Å². The Morgan fingerprint density at radius 1 is 1.25 bits per heavy atom. The highest BCUT2D eigenvalue weighted by atomic mass is 32.1. The van der Waals surface area contributed by atoms with Crippen LogP contribution in [0.4, 0.5) is 5.13 Å². The van der Waals surface area contributed by atoms with E-state index >= 15 is 0 Å². The third-order valence-electron chi connectivity index (χ3n) is 3.27. The van der Waals surface area contributed by atoms with Crippen molar-refractivity contribution in [2.24, 2.45) is 0 Å². The van der Waals surface area contributed by atoms with Crippen LogP contribution >= 0.6 is 11.3 Å². The molecule has 0 aliphatic carbocycles. The second kappa shape index (κ2) is 9.07. The highest BCUT2D eigenvalue weighted by molar-refractivity contribution is 7.15. The Balaban J connectivity index is 1.80. The largest absolute Gasteiger partial charge is 0.350 e. The number of aromatic nitrogens is 3. The number of anilines is 1. The van der Waals surface area contributed by atoms with E-state index in [4.69, 9.17) is 0 Å². The molecule has 2 amide bonds. The van der Waals surface area contributed by atoms with Gasteiger partial charge in [-0.1, -0.05) is 20.3 Å². The molecule has 0 saturated carbocycles. The summed E-state index contributed by atoms with van der Waals surface area (Å²) in [4.78, 5) is 37.2. The van der Waals surface area contributed by atoms with Crippen molar-refractivity contribution in [2.75, 3.05) is 11.9 Å². The van der Waals surface area contributed by atoms with Gasteiger partial charge in [0.2, 0.25) is 5.91 Å². The third-order valence-corrected chi connectivity index (χ3v) is 4.42. The van der Waals surface area contributed by atoms with Crippen LogP contribution in [-0.2, 0) is 17.6 Å². The van der Waals surface area contributed by atoms with Gasteiger partial charge in [0.25, 0.3) is 5.91 Å². The van der Waals surface area contributed by atoms with E-state index in [2.05, 4.69) is 39.4 Å². The lowest BCUT2D eigenvalue weighted by atomic mass is 10.2. The molecule has 2 heterocycles. The summed E-state index contributed by atoms with van der Waals surface area (Å²) >= 11 is 1.52. The van der Waals surface area contributed by atoms with Gasteiger partial charge in [0, 0.05) is 30.2 Å². The Bertz CT molecular complexity index is 687. The van der Waals surface area contributed by atoms with Crippen LogP contribution < -0.4 is 10.6 Å². The number of hydrogen-bond donors (Lipinski definition) is 2. The van der Waals surface area contributed by atoms with Gasteiger partial charge in [0.05, 0.1) is 11.9 Å². The van der Waals surface area contributed by atoms with Gasteiger partial charge >= 0.3 is 0 Å². The van der Waals surface area contributed by atoms with E-state index in [1.807, 2.05) is 0 Å². The standard InChI is InChI=1S/C16H21N5O2S/c1-3-5-11-13(4-2)24-16(20-11)21-14(22)6-7-19-15(23)12-10-17-8-9-18-12/h8-10H,3-7H2,1-2H3,(H,19,23)(H,20,21,22). The van der Waals surface area contributed by atoms with Crippen LogP contribution in [0.3, 0.4) is 0 Å². The van der Waals surface area contributed by atoms with E-state index in [0.29, 0.717) is 5.13 Å². The average Bonchev–Trinajstić information content (AvgIpc) is 2.97. The molecule has 0 spiro atoms. The van der Waals surface area contributed by atoms with Gasteiger partial charge in [-0.15, -0.1) is 11.3 Å². The van der Waals surface area contributed by atoms with E-state index in [1.54, 1.807) is 0 Å². The van der Waals surface area contributed by atoms with E-state index in [-0.39, 0.29) is 30.5 Å².